The predicted molar refractivity (Wildman–Crippen MR) is 378 cm³/mol. The van der Waals surface area contributed by atoms with Crippen LogP contribution in [0.1, 0.15) is 355 Å². The SMILES string of the molecule is CCCCC/C=C\C/C=C\C/C=C\C/C=C\CCCCCCCCCCCC(=O)OC(/C=C/CCCCCCCCCCCCC)C(COP(=O)(O)OCC[N+](C)(C)C)NC(=O)CCCCCCCCCCCCCCC/C=C/CCCCCCCC. The highest BCUT2D eigenvalue weighted by atomic mass is 31.2. The number of esters is 1. The molecule has 0 aliphatic rings. The molecule has 87 heavy (non-hydrogen) atoms. The second-order valence-electron chi connectivity index (χ2n) is 26.5. The van der Waals surface area contributed by atoms with E-state index >= 15 is 0 Å². The lowest BCUT2D eigenvalue weighted by Crippen LogP contribution is -2.47. The zero-order valence-electron chi connectivity index (χ0n) is 58.3. The number of likely N-dealkylation sites (N-methyl/N-ethyl adjacent to an activating group) is 1. The molecule has 0 aliphatic heterocycles. The number of nitrogens with zero attached hydrogens (tertiary/aromatic N) is 1. The molecular formula is C77H144N2O7P+. The van der Waals surface area contributed by atoms with E-state index in [1.54, 1.807) is 0 Å². The average molecular weight is 1240 g/mol. The smallest absolute Gasteiger partial charge is 0.456 e. The van der Waals surface area contributed by atoms with Gasteiger partial charge in [0.25, 0.3) is 0 Å². The van der Waals surface area contributed by atoms with Crippen molar-refractivity contribution in [2.24, 2.45) is 0 Å². The summed E-state index contributed by atoms with van der Waals surface area (Å²) in [5.41, 5.74) is 0. The maximum Gasteiger partial charge on any atom is 0.472 e. The summed E-state index contributed by atoms with van der Waals surface area (Å²) in [6.45, 7) is 7.02. The number of carbonyl (C=O) groups is 2. The van der Waals surface area contributed by atoms with Crippen LogP contribution < -0.4 is 5.32 Å². The Morgan fingerprint density at radius 1 is 0.402 bits per heavy atom. The Bertz CT molecular complexity index is 1720. The molecule has 10 heteroatoms. The number of ether oxygens (including phenoxy) is 1. The summed E-state index contributed by atoms with van der Waals surface area (Å²) in [6, 6.07) is -0.854. The summed E-state index contributed by atoms with van der Waals surface area (Å²) in [5, 5.41) is 3.08. The Balaban J connectivity index is 5.07. The maximum absolute atomic E-state index is 13.6. The van der Waals surface area contributed by atoms with Gasteiger partial charge in [0.2, 0.25) is 5.91 Å². The number of carbonyl (C=O) groups excluding carboxylic acids is 2. The van der Waals surface area contributed by atoms with E-state index in [2.05, 4.69) is 86.8 Å². The Morgan fingerprint density at radius 3 is 1.08 bits per heavy atom. The Morgan fingerprint density at radius 2 is 0.701 bits per heavy atom. The third-order valence-corrected chi connectivity index (χ3v) is 17.6. The van der Waals surface area contributed by atoms with E-state index in [0.29, 0.717) is 17.4 Å². The number of unbranched alkanes of at least 4 members (excludes halogenated alkanes) is 42. The van der Waals surface area contributed by atoms with E-state index in [0.717, 1.165) is 83.5 Å². The summed E-state index contributed by atoms with van der Waals surface area (Å²) in [4.78, 5) is 38.0. The molecule has 3 unspecified atom stereocenters. The fourth-order valence-corrected chi connectivity index (χ4v) is 11.6. The number of allylic oxidation sites excluding steroid dienone is 11. The fourth-order valence-electron chi connectivity index (χ4n) is 10.9. The maximum atomic E-state index is 13.6. The van der Waals surface area contributed by atoms with E-state index in [1.165, 1.54) is 238 Å². The highest BCUT2D eigenvalue weighted by Crippen LogP contribution is 2.43. The summed E-state index contributed by atoms with van der Waals surface area (Å²) in [7, 11) is 1.50. The van der Waals surface area contributed by atoms with Crippen LogP contribution in [0, 0.1) is 0 Å². The minimum atomic E-state index is -4.46. The average Bonchev–Trinajstić information content (AvgIpc) is 3.70. The number of phosphoric acid groups is 1. The molecule has 508 valence electrons. The van der Waals surface area contributed by atoms with Crippen molar-refractivity contribution in [3.63, 3.8) is 0 Å². The minimum absolute atomic E-state index is 0.0385. The standard InChI is InChI=1S/C77H143N2O7P/c1-7-10-13-16-19-22-25-28-30-32-34-36-38-39-41-43-45-47-49-52-55-58-61-64-67-70-77(81)86-75(68-65-62-59-56-53-50-27-24-21-18-15-12-9-3)74(73-85-87(82,83)84-72-71-79(4,5)6)78-76(80)69-66-63-60-57-54-51-48-46-44-42-40-37-35-33-31-29-26-23-20-17-14-11-8-2/h19,22,28-31,34,36,39,41,65,68,74-75H,7-18,20-21,23-27,32-33,35,37-38,40,42-64,66-67,69-73H2,1-6H3,(H-,78,80,82,83)/p+1/b22-19-,30-28-,31-29+,36-34-,41-39-,68-65+. The van der Waals surface area contributed by atoms with E-state index in [9.17, 15) is 19.0 Å². The van der Waals surface area contributed by atoms with Crippen LogP contribution in [0.5, 0.6) is 0 Å². The van der Waals surface area contributed by atoms with Gasteiger partial charge in [0.05, 0.1) is 33.8 Å². The van der Waals surface area contributed by atoms with Crippen molar-refractivity contribution in [3.8, 4) is 0 Å². The third-order valence-electron chi connectivity index (χ3n) is 16.6. The lowest BCUT2D eigenvalue weighted by molar-refractivity contribution is -0.870. The zero-order chi connectivity index (χ0) is 63.5. The number of nitrogens with one attached hydrogen (secondary N) is 1. The quantitative estimate of drug-likeness (QED) is 0.0205. The van der Waals surface area contributed by atoms with Gasteiger partial charge in [-0.1, -0.05) is 312 Å². The minimum Gasteiger partial charge on any atom is -0.456 e. The monoisotopic (exact) mass is 1240 g/mol. The first-order chi connectivity index (χ1) is 42.4. The second kappa shape index (κ2) is 66.4. The molecule has 9 nitrogen and oxygen atoms in total. The predicted octanol–water partition coefficient (Wildman–Crippen LogP) is 23.9. The molecule has 0 saturated heterocycles. The first-order valence-electron chi connectivity index (χ1n) is 37.3. The van der Waals surface area contributed by atoms with Gasteiger partial charge in [-0.05, 0) is 102 Å². The fraction of sp³-hybridized carbons (Fsp3) is 0.818. The topological polar surface area (TPSA) is 111 Å². The molecule has 0 aromatic rings. The van der Waals surface area contributed by atoms with Crippen LogP contribution >= 0.6 is 7.82 Å². The third kappa shape index (κ3) is 67.7. The number of phosphoric ester groups is 1. The van der Waals surface area contributed by atoms with Gasteiger partial charge < -0.3 is 19.4 Å². The Kier molecular flexibility index (Phi) is 64.4. The number of hydrogen-bond donors (Lipinski definition) is 2. The van der Waals surface area contributed by atoms with E-state index in [-0.39, 0.29) is 31.5 Å². The molecule has 0 saturated carbocycles. The highest BCUT2D eigenvalue weighted by Gasteiger charge is 2.30. The Labute approximate surface area is 540 Å². The van der Waals surface area contributed by atoms with Crippen LogP contribution in [0.15, 0.2) is 72.9 Å². The highest BCUT2D eigenvalue weighted by molar-refractivity contribution is 7.47. The van der Waals surface area contributed by atoms with Crippen molar-refractivity contribution in [3.05, 3.63) is 72.9 Å². The number of hydrogen-bond acceptors (Lipinski definition) is 6. The molecule has 0 aromatic carbocycles. The van der Waals surface area contributed by atoms with Crippen LogP contribution in [-0.4, -0.2) is 74.3 Å². The first-order valence-corrected chi connectivity index (χ1v) is 38.8. The normalized spacial score (nSPS) is 13.9. The van der Waals surface area contributed by atoms with Crippen LogP contribution in [0.4, 0.5) is 0 Å². The molecule has 0 bridgehead atoms. The first kappa shape index (κ1) is 84.5. The molecule has 0 aromatic heterocycles. The van der Waals surface area contributed by atoms with Gasteiger partial charge in [-0.25, -0.2) is 4.57 Å². The largest absolute Gasteiger partial charge is 0.472 e. The molecule has 0 spiro atoms. The number of rotatable bonds is 68. The van der Waals surface area contributed by atoms with Crippen LogP contribution in [0.25, 0.3) is 0 Å². The van der Waals surface area contributed by atoms with Gasteiger partial charge in [0, 0.05) is 12.8 Å². The number of quaternary nitrogens is 1. The molecule has 0 radical (unpaired) electrons. The summed E-state index contributed by atoms with van der Waals surface area (Å²) in [6.07, 6.45) is 87.7. The molecule has 0 fully saturated rings. The molecule has 0 rings (SSSR count). The van der Waals surface area contributed by atoms with Crippen molar-refractivity contribution in [2.45, 2.75) is 367 Å². The van der Waals surface area contributed by atoms with Crippen molar-refractivity contribution in [1.29, 1.82) is 0 Å². The van der Waals surface area contributed by atoms with Crippen molar-refractivity contribution in [1.82, 2.24) is 5.32 Å². The van der Waals surface area contributed by atoms with E-state index in [1.807, 2.05) is 33.3 Å². The molecule has 0 heterocycles. The molecule has 1 amide bonds. The molecule has 0 aliphatic carbocycles. The molecular weight excluding hydrogens is 1100 g/mol. The summed E-state index contributed by atoms with van der Waals surface area (Å²) < 4.78 is 30.9. The van der Waals surface area contributed by atoms with Crippen molar-refractivity contribution >= 4 is 19.7 Å². The summed E-state index contributed by atoms with van der Waals surface area (Å²) >= 11 is 0. The lowest BCUT2D eigenvalue weighted by Gasteiger charge is -2.27. The summed E-state index contributed by atoms with van der Waals surface area (Å²) in [5.74, 6) is -0.500. The lowest BCUT2D eigenvalue weighted by atomic mass is 10.0. The van der Waals surface area contributed by atoms with E-state index in [4.69, 9.17) is 13.8 Å². The van der Waals surface area contributed by atoms with Crippen molar-refractivity contribution < 1.29 is 37.3 Å². The number of amides is 1. The van der Waals surface area contributed by atoms with Crippen LogP contribution in [-0.2, 0) is 27.9 Å². The molecule has 2 N–H and O–H groups in total. The van der Waals surface area contributed by atoms with Gasteiger partial charge in [-0.15, -0.1) is 0 Å². The Hall–Kier alpha value is -2.55. The van der Waals surface area contributed by atoms with Crippen molar-refractivity contribution in [2.75, 3.05) is 40.9 Å². The van der Waals surface area contributed by atoms with Gasteiger partial charge in [-0.3, -0.25) is 18.6 Å². The van der Waals surface area contributed by atoms with Gasteiger partial charge >= 0.3 is 13.8 Å². The zero-order valence-corrected chi connectivity index (χ0v) is 59.2. The van der Waals surface area contributed by atoms with Crippen LogP contribution in [0.2, 0.25) is 0 Å². The van der Waals surface area contributed by atoms with Gasteiger partial charge in [-0.2, -0.15) is 0 Å². The second-order valence-corrected chi connectivity index (χ2v) is 27.9. The van der Waals surface area contributed by atoms with Crippen LogP contribution in [0.3, 0.4) is 0 Å². The molecule has 3 atom stereocenters. The van der Waals surface area contributed by atoms with Gasteiger partial charge in [0.1, 0.15) is 19.3 Å². The van der Waals surface area contributed by atoms with E-state index < -0.39 is 20.0 Å². The van der Waals surface area contributed by atoms with Gasteiger partial charge in [0.15, 0.2) is 0 Å².